The average Bonchev–Trinajstić information content (AvgIpc) is 2.84. The molecular formula is C20H20O. The second-order valence-corrected chi connectivity index (χ2v) is 5.80. The molecule has 0 bridgehead atoms. The van der Waals surface area contributed by atoms with Crippen molar-refractivity contribution in [1.82, 2.24) is 0 Å². The molecule has 2 aromatic rings. The number of allylic oxidation sites excluding steroid dienone is 4. The van der Waals surface area contributed by atoms with E-state index in [1.54, 1.807) is 0 Å². The summed E-state index contributed by atoms with van der Waals surface area (Å²) in [4.78, 5) is 12.5. The Bertz CT molecular complexity index is 791. The zero-order valence-electron chi connectivity index (χ0n) is 12.9. The molecule has 1 aliphatic rings. The molecule has 0 aromatic heterocycles. The summed E-state index contributed by atoms with van der Waals surface area (Å²) in [5.41, 5.74) is 6.00. The fourth-order valence-electron chi connectivity index (χ4n) is 3.05. The number of hydrogen-bond donors (Lipinski definition) is 0. The van der Waals surface area contributed by atoms with Crippen LogP contribution >= 0.6 is 0 Å². The number of hydrogen-bond acceptors (Lipinski definition) is 1. The average molecular weight is 276 g/mol. The van der Waals surface area contributed by atoms with Crippen LogP contribution in [0.25, 0.3) is 16.3 Å². The van der Waals surface area contributed by atoms with Gasteiger partial charge in [-0.1, -0.05) is 60.5 Å². The SMILES string of the molecule is CCC(=O)c1c(C2=CC(C)=C(C)C2)ccc2ccccc12. The first-order valence-electron chi connectivity index (χ1n) is 7.54. The lowest BCUT2D eigenvalue weighted by molar-refractivity contribution is 0.0989. The van der Waals surface area contributed by atoms with Gasteiger partial charge in [-0.15, -0.1) is 0 Å². The molecule has 0 fully saturated rings. The minimum atomic E-state index is 0.227. The van der Waals surface area contributed by atoms with Gasteiger partial charge < -0.3 is 0 Å². The minimum absolute atomic E-state index is 0.227. The number of fused-ring (bicyclic) bond motifs is 1. The molecule has 106 valence electrons. The Morgan fingerprint density at radius 2 is 1.86 bits per heavy atom. The molecule has 0 spiro atoms. The molecule has 0 saturated carbocycles. The topological polar surface area (TPSA) is 17.1 Å². The molecule has 2 aromatic carbocycles. The van der Waals surface area contributed by atoms with Crippen molar-refractivity contribution < 1.29 is 4.79 Å². The highest BCUT2D eigenvalue weighted by molar-refractivity contribution is 6.12. The first-order valence-corrected chi connectivity index (χ1v) is 7.54. The van der Waals surface area contributed by atoms with Crippen molar-refractivity contribution in [2.75, 3.05) is 0 Å². The maximum Gasteiger partial charge on any atom is 0.163 e. The standard InChI is InChI=1S/C20H20O/c1-4-19(21)20-17-8-6-5-7-15(17)9-10-18(20)16-11-13(2)14(3)12-16/h5-11H,4,12H2,1-3H3. The van der Waals surface area contributed by atoms with Crippen molar-refractivity contribution in [2.45, 2.75) is 33.6 Å². The van der Waals surface area contributed by atoms with E-state index in [2.05, 4.69) is 44.2 Å². The molecule has 0 radical (unpaired) electrons. The molecule has 1 nitrogen and oxygen atoms in total. The van der Waals surface area contributed by atoms with Crippen LogP contribution in [-0.2, 0) is 0 Å². The monoisotopic (exact) mass is 276 g/mol. The fourth-order valence-corrected chi connectivity index (χ4v) is 3.05. The Kier molecular flexibility index (Phi) is 3.50. The summed E-state index contributed by atoms with van der Waals surface area (Å²) >= 11 is 0. The molecular weight excluding hydrogens is 256 g/mol. The third-order valence-corrected chi connectivity index (χ3v) is 4.39. The van der Waals surface area contributed by atoms with Crippen molar-refractivity contribution in [1.29, 1.82) is 0 Å². The summed E-state index contributed by atoms with van der Waals surface area (Å²) in [6.07, 6.45) is 3.72. The molecule has 0 N–H and O–H groups in total. The van der Waals surface area contributed by atoms with E-state index in [1.807, 2.05) is 19.1 Å². The van der Waals surface area contributed by atoms with Gasteiger partial charge in [0.1, 0.15) is 0 Å². The van der Waals surface area contributed by atoms with Crippen LogP contribution in [-0.4, -0.2) is 5.78 Å². The van der Waals surface area contributed by atoms with Crippen LogP contribution in [0.4, 0.5) is 0 Å². The first-order chi connectivity index (χ1) is 10.1. The summed E-state index contributed by atoms with van der Waals surface area (Å²) in [7, 11) is 0. The van der Waals surface area contributed by atoms with E-state index < -0.39 is 0 Å². The zero-order valence-corrected chi connectivity index (χ0v) is 12.9. The molecule has 0 saturated heterocycles. The summed E-state index contributed by atoms with van der Waals surface area (Å²) in [5, 5.41) is 2.21. The smallest absolute Gasteiger partial charge is 0.163 e. The third kappa shape index (κ3) is 2.33. The van der Waals surface area contributed by atoms with Gasteiger partial charge in [-0.05, 0) is 42.2 Å². The zero-order chi connectivity index (χ0) is 15.0. The molecule has 0 unspecified atom stereocenters. The van der Waals surface area contributed by atoms with Crippen LogP contribution in [0.15, 0.2) is 53.6 Å². The predicted molar refractivity (Wildman–Crippen MR) is 89.5 cm³/mol. The quantitative estimate of drug-likeness (QED) is 0.671. The Morgan fingerprint density at radius 1 is 1.10 bits per heavy atom. The second kappa shape index (κ2) is 5.33. The predicted octanol–water partition coefficient (Wildman–Crippen LogP) is 5.56. The van der Waals surface area contributed by atoms with Crippen molar-refractivity contribution in [3.63, 3.8) is 0 Å². The van der Waals surface area contributed by atoms with E-state index in [4.69, 9.17) is 0 Å². The van der Waals surface area contributed by atoms with Crippen LogP contribution in [0.2, 0.25) is 0 Å². The van der Waals surface area contributed by atoms with Crippen molar-refractivity contribution >= 4 is 22.1 Å². The highest BCUT2D eigenvalue weighted by Gasteiger charge is 2.19. The van der Waals surface area contributed by atoms with Gasteiger partial charge in [0.15, 0.2) is 5.78 Å². The van der Waals surface area contributed by atoms with Gasteiger partial charge in [-0.3, -0.25) is 4.79 Å². The summed E-state index contributed by atoms with van der Waals surface area (Å²) in [5.74, 6) is 0.227. The number of carbonyl (C=O) groups excluding carboxylic acids is 1. The van der Waals surface area contributed by atoms with Crippen LogP contribution in [0, 0.1) is 0 Å². The van der Waals surface area contributed by atoms with Gasteiger partial charge in [0.2, 0.25) is 0 Å². The van der Waals surface area contributed by atoms with Gasteiger partial charge >= 0.3 is 0 Å². The Morgan fingerprint density at radius 3 is 2.52 bits per heavy atom. The van der Waals surface area contributed by atoms with E-state index in [1.165, 1.54) is 16.7 Å². The molecule has 0 atom stereocenters. The van der Waals surface area contributed by atoms with E-state index in [-0.39, 0.29) is 5.78 Å². The van der Waals surface area contributed by atoms with Gasteiger partial charge in [0.25, 0.3) is 0 Å². The molecule has 0 amide bonds. The Balaban J connectivity index is 2.24. The van der Waals surface area contributed by atoms with E-state index >= 15 is 0 Å². The Labute approximate surface area is 126 Å². The van der Waals surface area contributed by atoms with E-state index in [0.717, 1.165) is 28.3 Å². The number of ketones is 1. The fraction of sp³-hybridized carbons (Fsp3) is 0.250. The maximum atomic E-state index is 12.5. The number of benzene rings is 2. The van der Waals surface area contributed by atoms with Crippen molar-refractivity contribution in [3.8, 4) is 0 Å². The lowest BCUT2D eigenvalue weighted by Gasteiger charge is -2.13. The second-order valence-electron chi connectivity index (χ2n) is 5.80. The molecule has 1 aliphatic carbocycles. The van der Waals surface area contributed by atoms with Gasteiger partial charge in [-0.25, -0.2) is 0 Å². The number of rotatable bonds is 3. The van der Waals surface area contributed by atoms with E-state index in [9.17, 15) is 4.79 Å². The largest absolute Gasteiger partial charge is 0.294 e. The van der Waals surface area contributed by atoms with E-state index in [0.29, 0.717) is 6.42 Å². The van der Waals surface area contributed by atoms with Crippen LogP contribution in [0.3, 0.4) is 0 Å². The third-order valence-electron chi connectivity index (χ3n) is 4.39. The lowest BCUT2D eigenvalue weighted by atomic mass is 9.90. The van der Waals surface area contributed by atoms with Gasteiger partial charge in [0, 0.05) is 12.0 Å². The minimum Gasteiger partial charge on any atom is -0.294 e. The number of carbonyl (C=O) groups is 1. The lowest BCUT2D eigenvalue weighted by Crippen LogP contribution is -2.03. The molecule has 0 aliphatic heterocycles. The summed E-state index contributed by atoms with van der Waals surface area (Å²) in [6, 6.07) is 12.4. The highest BCUT2D eigenvalue weighted by Crippen LogP contribution is 2.36. The number of Topliss-reactive ketones (excluding diaryl/α,β-unsaturated/α-hetero) is 1. The van der Waals surface area contributed by atoms with Gasteiger partial charge in [0.05, 0.1) is 0 Å². The normalized spacial score (nSPS) is 14.7. The van der Waals surface area contributed by atoms with Crippen LogP contribution < -0.4 is 0 Å². The highest BCUT2D eigenvalue weighted by atomic mass is 16.1. The van der Waals surface area contributed by atoms with Crippen molar-refractivity contribution in [2.24, 2.45) is 0 Å². The Hall–Kier alpha value is -2.15. The van der Waals surface area contributed by atoms with Gasteiger partial charge in [-0.2, -0.15) is 0 Å². The van der Waals surface area contributed by atoms with Crippen LogP contribution in [0.1, 0.15) is 49.5 Å². The molecule has 0 heterocycles. The molecule has 1 heteroatoms. The molecule has 3 rings (SSSR count). The summed E-state index contributed by atoms with van der Waals surface area (Å²) < 4.78 is 0. The first kappa shape index (κ1) is 13.8. The molecule has 21 heavy (non-hydrogen) atoms. The van der Waals surface area contributed by atoms with Crippen LogP contribution in [0.5, 0.6) is 0 Å². The maximum absolute atomic E-state index is 12.5. The van der Waals surface area contributed by atoms with Crippen molar-refractivity contribution in [3.05, 3.63) is 64.7 Å². The summed E-state index contributed by atoms with van der Waals surface area (Å²) in [6.45, 7) is 6.25.